The summed E-state index contributed by atoms with van der Waals surface area (Å²) in [5, 5.41) is 12.2. The molecule has 0 radical (unpaired) electrons. The first-order valence-electron chi connectivity index (χ1n) is 5.63. The molecule has 0 aromatic carbocycles. The smallest absolute Gasteiger partial charge is 0.320 e. The third kappa shape index (κ3) is 4.89. The summed E-state index contributed by atoms with van der Waals surface area (Å²) in [6.45, 7) is 4.97. The van der Waals surface area contributed by atoms with E-state index in [1.54, 1.807) is 0 Å². The van der Waals surface area contributed by atoms with Gasteiger partial charge in [0, 0.05) is 0 Å². The summed E-state index contributed by atoms with van der Waals surface area (Å²) >= 11 is 1.97. The van der Waals surface area contributed by atoms with Crippen LogP contribution in [0.3, 0.4) is 0 Å². The Balaban J connectivity index is 2.27. The first-order chi connectivity index (χ1) is 7.09. The van der Waals surface area contributed by atoms with E-state index >= 15 is 0 Å². The zero-order valence-corrected chi connectivity index (χ0v) is 10.3. The molecule has 1 rings (SSSR count). The number of carboxylic acids is 1. The summed E-state index contributed by atoms with van der Waals surface area (Å²) in [6, 6.07) is -0.365. The van der Waals surface area contributed by atoms with Crippen molar-refractivity contribution in [3.8, 4) is 0 Å². The van der Waals surface area contributed by atoms with Crippen LogP contribution in [0.5, 0.6) is 0 Å². The second kappa shape index (κ2) is 6.38. The van der Waals surface area contributed by atoms with Crippen LogP contribution in [0.2, 0.25) is 0 Å². The van der Waals surface area contributed by atoms with E-state index in [1.807, 2.05) is 11.8 Å². The highest BCUT2D eigenvalue weighted by atomic mass is 32.2. The Bertz CT molecular complexity index is 203. The van der Waals surface area contributed by atoms with Gasteiger partial charge in [0.15, 0.2) is 0 Å². The summed E-state index contributed by atoms with van der Waals surface area (Å²) in [6.07, 6.45) is 1.95. The molecule has 0 saturated carbocycles. The number of carboxylic acid groups (broad SMARTS) is 1. The minimum absolute atomic E-state index is 0.365. The van der Waals surface area contributed by atoms with E-state index in [-0.39, 0.29) is 6.04 Å². The summed E-state index contributed by atoms with van der Waals surface area (Å²) < 4.78 is 0. The van der Waals surface area contributed by atoms with Crippen LogP contribution in [0.1, 0.15) is 26.7 Å². The lowest BCUT2D eigenvalue weighted by Crippen LogP contribution is -2.40. The number of nitrogens with one attached hydrogen (secondary N) is 1. The molecule has 3 nitrogen and oxygen atoms in total. The molecule has 0 aromatic rings. The maximum Gasteiger partial charge on any atom is 0.320 e. The van der Waals surface area contributed by atoms with Crippen LogP contribution in [-0.4, -0.2) is 35.2 Å². The van der Waals surface area contributed by atoms with Gasteiger partial charge in [-0.05, 0) is 42.7 Å². The third-order valence-electron chi connectivity index (χ3n) is 2.68. The fourth-order valence-electron chi connectivity index (χ4n) is 1.80. The van der Waals surface area contributed by atoms with Crippen molar-refractivity contribution in [3.63, 3.8) is 0 Å². The average molecular weight is 231 g/mol. The van der Waals surface area contributed by atoms with Crippen molar-refractivity contribution in [2.24, 2.45) is 11.8 Å². The van der Waals surface area contributed by atoms with Gasteiger partial charge in [-0.1, -0.05) is 13.8 Å². The lowest BCUT2D eigenvalue weighted by atomic mass is 10.0. The monoisotopic (exact) mass is 231 g/mol. The lowest BCUT2D eigenvalue weighted by Gasteiger charge is -2.18. The molecular formula is C11H21NO2S. The van der Waals surface area contributed by atoms with E-state index in [4.69, 9.17) is 5.11 Å². The number of aliphatic carboxylic acids is 1. The Labute approximate surface area is 96.0 Å². The van der Waals surface area contributed by atoms with Gasteiger partial charge >= 0.3 is 5.97 Å². The maximum atomic E-state index is 11.0. The summed E-state index contributed by atoms with van der Waals surface area (Å²) in [7, 11) is 0. The number of hydrogen-bond donors (Lipinski definition) is 2. The zero-order chi connectivity index (χ0) is 11.3. The molecule has 0 amide bonds. The van der Waals surface area contributed by atoms with Crippen molar-refractivity contribution in [2.45, 2.75) is 32.7 Å². The topological polar surface area (TPSA) is 49.3 Å². The number of hydrogen-bond acceptors (Lipinski definition) is 3. The number of rotatable bonds is 6. The van der Waals surface area contributed by atoms with Crippen molar-refractivity contribution in [2.75, 3.05) is 18.1 Å². The molecule has 1 aliphatic heterocycles. The predicted molar refractivity (Wildman–Crippen MR) is 64.3 cm³/mol. The minimum atomic E-state index is -0.714. The van der Waals surface area contributed by atoms with E-state index < -0.39 is 5.97 Å². The van der Waals surface area contributed by atoms with Gasteiger partial charge in [0.05, 0.1) is 0 Å². The standard InChI is InChI=1S/C11H21NO2S/c1-8(2)5-10(11(13)14)12-6-9-3-4-15-7-9/h8-10,12H,3-7H2,1-2H3,(H,13,14). The van der Waals surface area contributed by atoms with Crippen LogP contribution in [0, 0.1) is 11.8 Å². The molecule has 15 heavy (non-hydrogen) atoms. The van der Waals surface area contributed by atoms with E-state index in [0.717, 1.165) is 13.0 Å². The van der Waals surface area contributed by atoms with Crippen LogP contribution in [-0.2, 0) is 4.79 Å². The van der Waals surface area contributed by atoms with E-state index in [2.05, 4.69) is 19.2 Å². The Kier molecular flexibility index (Phi) is 5.47. The molecule has 1 aliphatic rings. The second-order valence-electron chi connectivity index (χ2n) is 4.66. The van der Waals surface area contributed by atoms with E-state index in [0.29, 0.717) is 11.8 Å². The second-order valence-corrected chi connectivity index (χ2v) is 5.81. The summed E-state index contributed by atoms with van der Waals surface area (Å²) in [5.74, 6) is 2.80. The average Bonchev–Trinajstić information content (AvgIpc) is 2.63. The van der Waals surface area contributed by atoms with Gasteiger partial charge in [0.25, 0.3) is 0 Å². The van der Waals surface area contributed by atoms with Crippen LogP contribution in [0.15, 0.2) is 0 Å². The van der Waals surface area contributed by atoms with E-state index in [9.17, 15) is 4.79 Å². The van der Waals surface area contributed by atoms with Gasteiger partial charge < -0.3 is 10.4 Å². The van der Waals surface area contributed by atoms with E-state index in [1.165, 1.54) is 17.9 Å². The molecule has 2 atom stereocenters. The molecule has 2 N–H and O–H groups in total. The van der Waals surface area contributed by atoms with Crippen molar-refractivity contribution in [1.82, 2.24) is 5.32 Å². The SMILES string of the molecule is CC(C)CC(NCC1CCSC1)C(=O)O. The Morgan fingerprint density at radius 3 is 2.80 bits per heavy atom. The first-order valence-corrected chi connectivity index (χ1v) is 6.79. The molecule has 1 saturated heterocycles. The van der Waals surface area contributed by atoms with Crippen molar-refractivity contribution in [1.29, 1.82) is 0 Å². The molecule has 0 bridgehead atoms. The van der Waals surface area contributed by atoms with Crippen LogP contribution in [0.4, 0.5) is 0 Å². The molecule has 1 heterocycles. The first kappa shape index (κ1) is 12.8. The highest BCUT2D eigenvalue weighted by molar-refractivity contribution is 7.99. The van der Waals surface area contributed by atoms with Crippen LogP contribution in [0.25, 0.3) is 0 Å². The quantitative estimate of drug-likeness (QED) is 0.732. The molecule has 1 fully saturated rings. The highest BCUT2D eigenvalue weighted by Crippen LogP contribution is 2.22. The Hall–Kier alpha value is -0.220. The Morgan fingerprint density at radius 1 is 1.60 bits per heavy atom. The molecule has 2 unspecified atom stereocenters. The van der Waals surface area contributed by atoms with Gasteiger partial charge in [0.2, 0.25) is 0 Å². The fourth-order valence-corrected chi connectivity index (χ4v) is 3.08. The summed E-state index contributed by atoms with van der Waals surface area (Å²) in [4.78, 5) is 11.0. The molecule has 4 heteroatoms. The van der Waals surface area contributed by atoms with Gasteiger partial charge in [-0.3, -0.25) is 4.79 Å². The van der Waals surface area contributed by atoms with Crippen molar-refractivity contribution < 1.29 is 9.90 Å². The lowest BCUT2D eigenvalue weighted by molar-refractivity contribution is -0.139. The van der Waals surface area contributed by atoms with Crippen LogP contribution < -0.4 is 5.32 Å². The molecule has 0 aliphatic carbocycles. The van der Waals surface area contributed by atoms with Crippen LogP contribution >= 0.6 is 11.8 Å². The molecule has 88 valence electrons. The fraction of sp³-hybridized carbons (Fsp3) is 0.909. The Morgan fingerprint density at radius 2 is 2.33 bits per heavy atom. The van der Waals surface area contributed by atoms with Crippen molar-refractivity contribution >= 4 is 17.7 Å². The summed E-state index contributed by atoms with van der Waals surface area (Å²) in [5.41, 5.74) is 0. The number of thioether (sulfide) groups is 1. The molecule has 0 aromatic heterocycles. The largest absolute Gasteiger partial charge is 0.480 e. The maximum absolute atomic E-state index is 11.0. The predicted octanol–water partition coefficient (Wildman–Crippen LogP) is 1.83. The number of carbonyl (C=O) groups is 1. The zero-order valence-electron chi connectivity index (χ0n) is 9.53. The van der Waals surface area contributed by atoms with Crippen molar-refractivity contribution in [3.05, 3.63) is 0 Å². The minimum Gasteiger partial charge on any atom is -0.480 e. The van der Waals surface area contributed by atoms with Gasteiger partial charge in [-0.15, -0.1) is 0 Å². The third-order valence-corrected chi connectivity index (χ3v) is 3.91. The highest BCUT2D eigenvalue weighted by Gasteiger charge is 2.21. The normalized spacial score (nSPS) is 23.3. The van der Waals surface area contributed by atoms with Gasteiger partial charge in [-0.2, -0.15) is 11.8 Å². The molecule has 0 spiro atoms. The van der Waals surface area contributed by atoms with Gasteiger partial charge in [-0.25, -0.2) is 0 Å². The molecular weight excluding hydrogens is 210 g/mol. The van der Waals surface area contributed by atoms with Gasteiger partial charge in [0.1, 0.15) is 6.04 Å².